The average molecular weight is 298 g/mol. The fraction of sp³-hybridized carbons (Fsp3) is 0.571. The van der Waals surface area contributed by atoms with Crippen LogP contribution in [0.2, 0.25) is 0 Å². The zero-order chi connectivity index (χ0) is 15.1. The van der Waals surface area contributed by atoms with Gasteiger partial charge in [0, 0.05) is 10.4 Å². The Morgan fingerprint density at radius 1 is 1.15 bits per heavy atom. The highest BCUT2D eigenvalue weighted by Gasteiger charge is 2.53. The first kappa shape index (κ1) is 15.7. The van der Waals surface area contributed by atoms with Crippen LogP contribution in [-0.2, 0) is 9.31 Å². The van der Waals surface area contributed by atoms with Crippen LogP contribution in [0.25, 0.3) is 0 Å². The van der Waals surface area contributed by atoms with Gasteiger partial charge in [0.05, 0.1) is 18.3 Å². The van der Waals surface area contributed by atoms with Gasteiger partial charge in [0.25, 0.3) is 0 Å². The Balaban J connectivity index is 2.51. The van der Waals surface area contributed by atoms with Crippen LogP contribution >= 0.6 is 11.8 Å². The molecule has 1 heterocycles. The van der Waals surface area contributed by atoms with Crippen molar-refractivity contribution in [1.29, 1.82) is 0 Å². The quantitative estimate of drug-likeness (QED) is 0.633. The van der Waals surface area contributed by atoms with Crippen molar-refractivity contribution in [1.82, 2.24) is 0 Å². The molecule has 6 heteroatoms. The molecule has 1 aliphatic rings. The van der Waals surface area contributed by atoms with Crippen LogP contribution in [0.4, 0.5) is 4.39 Å². The summed E-state index contributed by atoms with van der Waals surface area (Å²) in [6.45, 7) is 7.88. The molecule has 0 spiro atoms. The Morgan fingerprint density at radius 2 is 1.70 bits per heavy atom. The van der Waals surface area contributed by atoms with Gasteiger partial charge in [-0.05, 0) is 46.1 Å². The molecule has 0 atom stereocenters. The van der Waals surface area contributed by atoms with Gasteiger partial charge < -0.3 is 14.0 Å². The molecule has 0 unspecified atom stereocenters. The Morgan fingerprint density at radius 3 is 2.15 bits per heavy atom. The third-order valence-electron chi connectivity index (χ3n) is 4.02. The van der Waals surface area contributed by atoms with Crippen molar-refractivity contribution in [2.45, 2.75) is 43.8 Å². The predicted octanol–water partition coefficient (Wildman–Crippen LogP) is 2.86. The number of methoxy groups -OCH3 is 1. The summed E-state index contributed by atoms with van der Waals surface area (Å²) in [4.78, 5) is 0.503. The zero-order valence-electron chi connectivity index (χ0n) is 12.7. The number of rotatable bonds is 3. The largest absolute Gasteiger partial charge is 0.499 e. The van der Waals surface area contributed by atoms with Gasteiger partial charge in [0.1, 0.15) is 11.6 Å². The lowest BCUT2D eigenvalue weighted by atomic mass is 9.78. The Hall–Kier alpha value is -0.715. The Kier molecular flexibility index (Phi) is 4.11. The Bertz CT molecular complexity index is 503. The van der Waals surface area contributed by atoms with Crippen molar-refractivity contribution in [2.75, 3.05) is 13.4 Å². The topological polar surface area (TPSA) is 27.7 Å². The van der Waals surface area contributed by atoms with Gasteiger partial charge in [0.15, 0.2) is 0 Å². The summed E-state index contributed by atoms with van der Waals surface area (Å²) in [6.07, 6.45) is 1.83. The predicted molar refractivity (Wildman–Crippen MR) is 80.4 cm³/mol. The summed E-state index contributed by atoms with van der Waals surface area (Å²) < 4.78 is 31.4. The minimum atomic E-state index is -0.631. The number of thioether (sulfide) groups is 1. The third kappa shape index (κ3) is 2.45. The average Bonchev–Trinajstić information content (AvgIpc) is 2.57. The fourth-order valence-corrected chi connectivity index (χ4v) is 2.80. The van der Waals surface area contributed by atoms with E-state index in [0.29, 0.717) is 16.1 Å². The molecule has 0 aliphatic carbocycles. The van der Waals surface area contributed by atoms with E-state index in [0.717, 1.165) is 0 Å². The Labute approximate surface area is 124 Å². The number of hydrogen-bond donors (Lipinski definition) is 0. The molecule has 1 aromatic carbocycles. The lowest BCUT2D eigenvalue weighted by molar-refractivity contribution is 0.00578. The van der Waals surface area contributed by atoms with E-state index >= 15 is 0 Å². The van der Waals surface area contributed by atoms with Crippen LogP contribution in [0.1, 0.15) is 27.7 Å². The first-order valence-electron chi connectivity index (χ1n) is 6.49. The monoisotopic (exact) mass is 298 g/mol. The number of halogens is 1. The molecule has 20 heavy (non-hydrogen) atoms. The smallest absolute Gasteiger partial charge is 0.497 e. The number of benzene rings is 1. The van der Waals surface area contributed by atoms with Crippen molar-refractivity contribution in [3.63, 3.8) is 0 Å². The highest BCUT2D eigenvalue weighted by atomic mass is 32.2. The summed E-state index contributed by atoms with van der Waals surface area (Å²) in [7, 11) is 0.930. The highest BCUT2D eigenvalue weighted by molar-refractivity contribution is 7.98. The van der Waals surface area contributed by atoms with Gasteiger partial charge in [-0.15, -0.1) is 11.8 Å². The molecular weight excluding hydrogens is 278 g/mol. The van der Waals surface area contributed by atoms with Crippen molar-refractivity contribution in [3.05, 3.63) is 17.9 Å². The van der Waals surface area contributed by atoms with E-state index in [2.05, 4.69) is 0 Å². The molecule has 3 nitrogen and oxygen atoms in total. The molecule has 0 saturated carbocycles. The summed E-state index contributed by atoms with van der Waals surface area (Å²) >= 11 is 1.32. The fourth-order valence-electron chi connectivity index (χ4n) is 2.12. The highest BCUT2D eigenvalue weighted by Crippen LogP contribution is 2.38. The van der Waals surface area contributed by atoms with Crippen LogP contribution < -0.4 is 10.2 Å². The van der Waals surface area contributed by atoms with E-state index in [1.807, 2.05) is 34.0 Å². The van der Waals surface area contributed by atoms with E-state index in [-0.39, 0.29) is 5.82 Å². The molecule has 1 aliphatic heterocycles. The van der Waals surface area contributed by atoms with E-state index < -0.39 is 18.3 Å². The van der Waals surface area contributed by atoms with Crippen LogP contribution in [0.3, 0.4) is 0 Å². The normalized spacial score (nSPS) is 20.2. The minimum Gasteiger partial charge on any atom is -0.497 e. The summed E-state index contributed by atoms with van der Waals surface area (Å²) in [5, 5.41) is 0. The molecule has 0 bridgehead atoms. The lowest BCUT2D eigenvalue weighted by Gasteiger charge is -2.32. The first-order chi connectivity index (χ1) is 9.23. The van der Waals surface area contributed by atoms with Crippen LogP contribution in [-0.4, -0.2) is 31.7 Å². The molecule has 1 aromatic rings. The second-order valence-corrected chi connectivity index (χ2v) is 6.60. The SMILES string of the molecule is COc1ccc(F)c(SC)c1B1OC(C)(C)C(C)(C)O1. The van der Waals surface area contributed by atoms with Gasteiger partial charge >= 0.3 is 7.12 Å². The molecule has 2 rings (SSSR count). The van der Waals surface area contributed by atoms with Crippen molar-refractivity contribution in [3.8, 4) is 5.75 Å². The summed E-state index contributed by atoms with van der Waals surface area (Å²) in [5.41, 5.74) is -0.311. The van der Waals surface area contributed by atoms with E-state index in [4.69, 9.17) is 14.0 Å². The van der Waals surface area contributed by atoms with Crippen molar-refractivity contribution in [2.24, 2.45) is 0 Å². The van der Waals surface area contributed by atoms with Gasteiger partial charge in [-0.25, -0.2) is 4.39 Å². The molecule has 0 N–H and O–H groups in total. The third-order valence-corrected chi connectivity index (χ3v) is 4.84. The maximum atomic E-state index is 14.0. The minimum absolute atomic E-state index is 0.289. The molecule has 0 amide bonds. The van der Waals surface area contributed by atoms with E-state index in [9.17, 15) is 4.39 Å². The number of hydrogen-bond acceptors (Lipinski definition) is 4. The molecular formula is C14H20BFO3S. The molecule has 0 aromatic heterocycles. The standard InChI is InChI=1S/C14H20BFO3S/c1-13(2)14(3,4)19-15(18-13)11-10(17-5)8-7-9(16)12(11)20-6/h7-8H,1-6H3. The molecule has 1 fully saturated rings. The van der Waals surface area contributed by atoms with E-state index in [1.54, 1.807) is 13.2 Å². The lowest BCUT2D eigenvalue weighted by Crippen LogP contribution is -2.41. The zero-order valence-corrected chi connectivity index (χ0v) is 13.6. The van der Waals surface area contributed by atoms with Gasteiger partial charge in [-0.1, -0.05) is 0 Å². The van der Waals surface area contributed by atoms with Crippen LogP contribution in [0, 0.1) is 5.82 Å². The maximum Gasteiger partial charge on any atom is 0.499 e. The van der Waals surface area contributed by atoms with E-state index in [1.165, 1.54) is 17.8 Å². The molecule has 1 saturated heterocycles. The molecule has 0 radical (unpaired) electrons. The summed E-state index contributed by atoms with van der Waals surface area (Å²) in [6, 6.07) is 3.01. The second-order valence-electron chi connectivity index (χ2n) is 5.78. The second kappa shape index (κ2) is 5.24. The van der Waals surface area contributed by atoms with Crippen molar-refractivity contribution >= 4 is 24.3 Å². The van der Waals surface area contributed by atoms with Crippen molar-refractivity contribution < 1.29 is 18.4 Å². The molecule has 110 valence electrons. The van der Waals surface area contributed by atoms with Crippen LogP contribution in [0.15, 0.2) is 17.0 Å². The van der Waals surface area contributed by atoms with Gasteiger partial charge in [-0.2, -0.15) is 0 Å². The van der Waals surface area contributed by atoms with Gasteiger partial charge in [0.2, 0.25) is 0 Å². The van der Waals surface area contributed by atoms with Gasteiger partial charge in [-0.3, -0.25) is 0 Å². The maximum absolute atomic E-state index is 14.0. The van der Waals surface area contributed by atoms with Crippen LogP contribution in [0.5, 0.6) is 5.75 Å². The number of ether oxygens (including phenoxy) is 1. The first-order valence-corrected chi connectivity index (χ1v) is 7.72. The summed E-state index contributed by atoms with van der Waals surface area (Å²) in [5.74, 6) is 0.289.